The van der Waals surface area contributed by atoms with E-state index in [-0.39, 0.29) is 23.7 Å². The molecule has 1 amide bonds. The van der Waals surface area contributed by atoms with Crippen molar-refractivity contribution in [3.63, 3.8) is 0 Å². The molecule has 1 atom stereocenters. The van der Waals surface area contributed by atoms with Crippen molar-refractivity contribution >= 4 is 11.9 Å². The van der Waals surface area contributed by atoms with E-state index in [9.17, 15) is 9.59 Å². The zero-order valence-corrected chi connectivity index (χ0v) is 12.6. The molecule has 0 spiro atoms. The number of rotatable bonds is 3. The van der Waals surface area contributed by atoms with E-state index >= 15 is 0 Å². The normalized spacial score (nSPS) is 25.5. The van der Waals surface area contributed by atoms with Gasteiger partial charge in [-0.25, -0.2) is 0 Å². The first-order valence-corrected chi connectivity index (χ1v) is 7.75. The lowest BCUT2D eigenvalue weighted by Gasteiger charge is -2.36. The fraction of sp³-hybridized carbons (Fsp3) is 0.867. The average molecular weight is 282 g/mol. The standard InChI is InChI=1S/C15H26N2O3/c1-3-20-15(19)12-6-9-17(10-7-12)14(18)13-5-4-8-16(2)11-13/h12-13H,3-11H2,1-2H3/t13-/m0/s1. The Balaban J connectivity index is 1.81. The third-order valence-electron chi connectivity index (χ3n) is 4.40. The van der Waals surface area contributed by atoms with Crippen molar-refractivity contribution in [3.05, 3.63) is 0 Å². The zero-order chi connectivity index (χ0) is 14.5. The lowest BCUT2D eigenvalue weighted by atomic mass is 9.93. The van der Waals surface area contributed by atoms with Gasteiger partial charge in [-0.05, 0) is 46.2 Å². The van der Waals surface area contributed by atoms with Crippen molar-refractivity contribution < 1.29 is 14.3 Å². The number of hydrogen-bond donors (Lipinski definition) is 0. The first kappa shape index (κ1) is 15.3. The van der Waals surface area contributed by atoms with Gasteiger partial charge in [-0.15, -0.1) is 0 Å². The molecule has 2 aliphatic heterocycles. The van der Waals surface area contributed by atoms with Crippen molar-refractivity contribution in [2.24, 2.45) is 11.8 Å². The molecule has 0 aromatic heterocycles. The summed E-state index contributed by atoms with van der Waals surface area (Å²) in [6.45, 7) is 5.62. The minimum atomic E-state index is -0.100. The maximum Gasteiger partial charge on any atom is 0.309 e. The van der Waals surface area contributed by atoms with Crippen molar-refractivity contribution in [3.8, 4) is 0 Å². The summed E-state index contributed by atoms with van der Waals surface area (Å²) in [4.78, 5) is 28.3. The molecule has 0 bridgehead atoms. The smallest absolute Gasteiger partial charge is 0.309 e. The minimum absolute atomic E-state index is 0.0203. The topological polar surface area (TPSA) is 49.9 Å². The molecule has 0 aromatic carbocycles. The Bertz CT molecular complexity index is 351. The van der Waals surface area contributed by atoms with Gasteiger partial charge in [-0.1, -0.05) is 0 Å². The highest BCUT2D eigenvalue weighted by molar-refractivity contribution is 5.80. The average Bonchev–Trinajstić information content (AvgIpc) is 2.47. The Labute approximate surface area is 121 Å². The summed E-state index contributed by atoms with van der Waals surface area (Å²) in [5.74, 6) is 0.303. The molecule has 0 N–H and O–H groups in total. The van der Waals surface area contributed by atoms with Crippen LogP contribution in [0, 0.1) is 11.8 Å². The third-order valence-corrected chi connectivity index (χ3v) is 4.40. The number of esters is 1. The van der Waals surface area contributed by atoms with Crippen LogP contribution in [-0.4, -0.2) is 61.5 Å². The molecular formula is C15H26N2O3. The van der Waals surface area contributed by atoms with Gasteiger partial charge in [-0.2, -0.15) is 0 Å². The summed E-state index contributed by atoms with van der Waals surface area (Å²) in [5.41, 5.74) is 0. The number of carbonyl (C=O) groups is 2. The molecule has 0 aromatic rings. The van der Waals surface area contributed by atoms with Crippen LogP contribution in [0.5, 0.6) is 0 Å². The molecule has 0 unspecified atom stereocenters. The number of amides is 1. The molecule has 2 saturated heterocycles. The summed E-state index contributed by atoms with van der Waals surface area (Å²) >= 11 is 0. The molecule has 2 fully saturated rings. The highest BCUT2D eigenvalue weighted by Crippen LogP contribution is 2.23. The van der Waals surface area contributed by atoms with Gasteiger partial charge in [0.05, 0.1) is 18.4 Å². The molecule has 5 nitrogen and oxygen atoms in total. The predicted molar refractivity (Wildman–Crippen MR) is 76.2 cm³/mol. The molecule has 0 aliphatic carbocycles. The van der Waals surface area contributed by atoms with Crippen molar-refractivity contribution in [1.29, 1.82) is 0 Å². The van der Waals surface area contributed by atoms with Gasteiger partial charge >= 0.3 is 5.97 Å². The molecule has 0 radical (unpaired) electrons. The van der Waals surface area contributed by atoms with E-state index in [1.54, 1.807) is 0 Å². The molecule has 2 rings (SSSR count). The van der Waals surface area contributed by atoms with Crippen LogP contribution in [-0.2, 0) is 14.3 Å². The molecule has 5 heteroatoms. The van der Waals surface area contributed by atoms with Crippen LogP contribution in [0.1, 0.15) is 32.6 Å². The quantitative estimate of drug-likeness (QED) is 0.728. The maximum atomic E-state index is 12.5. The van der Waals surface area contributed by atoms with E-state index in [1.807, 2.05) is 11.8 Å². The predicted octanol–water partition coefficient (Wildman–Crippen LogP) is 1.13. The van der Waals surface area contributed by atoms with Gasteiger partial charge in [0.1, 0.15) is 0 Å². The number of nitrogens with zero attached hydrogens (tertiary/aromatic N) is 2. The summed E-state index contributed by atoms with van der Waals surface area (Å²) < 4.78 is 5.06. The number of piperidine rings is 2. The molecular weight excluding hydrogens is 256 g/mol. The molecule has 2 aliphatic rings. The number of carbonyl (C=O) groups excluding carboxylic acids is 2. The lowest BCUT2D eigenvalue weighted by Crippen LogP contribution is -2.47. The minimum Gasteiger partial charge on any atom is -0.466 e. The van der Waals surface area contributed by atoms with Gasteiger partial charge < -0.3 is 14.5 Å². The van der Waals surface area contributed by atoms with Gasteiger partial charge in [-0.3, -0.25) is 9.59 Å². The van der Waals surface area contributed by atoms with Crippen molar-refractivity contribution in [2.45, 2.75) is 32.6 Å². The van der Waals surface area contributed by atoms with Crippen LogP contribution < -0.4 is 0 Å². The van der Waals surface area contributed by atoms with Gasteiger partial charge in [0.15, 0.2) is 0 Å². The Kier molecular flexibility index (Phi) is 5.40. The second-order valence-electron chi connectivity index (χ2n) is 5.95. The summed E-state index contributed by atoms with van der Waals surface area (Å²) in [6, 6.07) is 0. The second kappa shape index (κ2) is 7.07. The first-order valence-electron chi connectivity index (χ1n) is 7.75. The van der Waals surface area contributed by atoms with Gasteiger partial charge in [0.25, 0.3) is 0 Å². The van der Waals surface area contributed by atoms with Crippen LogP contribution in [0.2, 0.25) is 0 Å². The van der Waals surface area contributed by atoms with E-state index in [4.69, 9.17) is 4.74 Å². The number of likely N-dealkylation sites (tertiary alicyclic amines) is 2. The monoisotopic (exact) mass is 282 g/mol. The van der Waals surface area contributed by atoms with E-state index in [1.165, 1.54) is 0 Å². The SMILES string of the molecule is CCOC(=O)C1CCN(C(=O)[C@H]2CCCN(C)C2)CC1. The Morgan fingerprint density at radius 1 is 1.10 bits per heavy atom. The molecule has 0 saturated carbocycles. The highest BCUT2D eigenvalue weighted by Gasteiger charge is 2.32. The number of ether oxygens (including phenoxy) is 1. The van der Waals surface area contributed by atoms with Crippen LogP contribution in [0.25, 0.3) is 0 Å². The molecule has 2 heterocycles. The summed E-state index contributed by atoms with van der Waals surface area (Å²) in [6.07, 6.45) is 3.59. The van der Waals surface area contributed by atoms with E-state index in [2.05, 4.69) is 11.9 Å². The largest absolute Gasteiger partial charge is 0.466 e. The van der Waals surface area contributed by atoms with Crippen LogP contribution in [0.4, 0.5) is 0 Å². The Morgan fingerprint density at radius 2 is 1.80 bits per heavy atom. The highest BCUT2D eigenvalue weighted by atomic mass is 16.5. The Hall–Kier alpha value is -1.10. The van der Waals surface area contributed by atoms with E-state index in [0.717, 1.165) is 38.8 Å². The maximum absolute atomic E-state index is 12.5. The van der Waals surface area contributed by atoms with Gasteiger partial charge in [0, 0.05) is 19.6 Å². The van der Waals surface area contributed by atoms with E-state index in [0.29, 0.717) is 19.7 Å². The fourth-order valence-electron chi connectivity index (χ4n) is 3.22. The lowest BCUT2D eigenvalue weighted by molar-refractivity contribution is -0.152. The first-order chi connectivity index (χ1) is 9.61. The Morgan fingerprint density at radius 3 is 2.40 bits per heavy atom. The fourth-order valence-corrected chi connectivity index (χ4v) is 3.22. The van der Waals surface area contributed by atoms with E-state index < -0.39 is 0 Å². The molecule has 20 heavy (non-hydrogen) atoms. The van der Waals surface area contributed by atoms with Crippen LogP contribution >= 0.6 is 0 Å². The van der Waals surface area contributed by atoms with Crippen LogP contribution in [0.15, 0.2) is 0 Å². The zero-order valence-electron chi connectivity index (χ0n) is 12.6. The summed E-state index contributed by atoms with van der Waals surface area (Å²) in [5, 5.41) is 0. The van der Waals surface area contributed by atoms with Crippen LogP contribution in [0.3, 0.4) is 0 Å². The van der Waals surface area contributed by atoms with Crippen molar-refractivity contribution in [1.82, 2.24) is 9.80 Å². The third kappa shape index (κ3) is 3.72. The molecule has 114 valence electrons. The second-order valence-corrected chi connectivity index (χ2v) is 5.95. The van der Waals surface area contributed by atoms with Crippen molar-refractivity contribution in [2.75, 3.05) is 39.8 Å². The number of hydrogen-bond acceptors (Lipinski definition) is 4. The summed E-state index contributed by atoms with van der Waals surface area (Å²) in [7, 11) is 2.08. The van der Waals surface area contributed by atoms with Gasteiger partial charge in [0.2, 0.25) is 5.91 Å².